The third kappa shape index (κ3) is 8.67. The summed E-state index contributed by atoms with van der Waals surface area (Å²) in [6.45, 7) is 5.95. The van der Waals surface area contributed by atoms with Gasteiger partial charge in [-0.15, -0.1) is 0 Å². The monoisotopic (exact) mass is 694 g/mol. The van der Waals surface area contributed by atoms with E-state index in [1.165, 1.54) is 11.1 Å². The average molecular weight is 694 g/mol. The number of hydrogen-bond acceptors (Lipinski definition) is 3. The minimum atomic E-state index is 0. The molecule has 0 fully saturated rings. The molecule has 4 heterocycles. The topological polar surface area (TPSA) is 70.4 Å². The van der Waals surface area contributed by atoms with Gasteiger partial charge in [-0.2, -0.15) is 59.7 Å². The number of benzene rings is 2. The molecule has 6 rings (SSSR count). The van der Waals surface area contributed by atoms with Crippen LogP contribution in [-0.2, 0) is 34.2 Å². The number of pyridine rings is 1. The molecule has 8 nitrogen and oxygen atoms in total. The van der Waals surface area contributed by atoms with Crippen LogP contribution in [0.25, 0.3) is 22.9 Å². The Morgan fingerprint density at radius 1 is 0.795 bits per heavy atom. The van der Waals surface area contributed by atoms with Gasteiger partial charge >= 0.3 is 0 Å². The van der Waals surface area contributed by atoms with Crippen LogP contribution in [0.15, 0.2) is 85.6 Å². The van der Waals surface area contributed by atoms with Gasteiger partial charge in [0.05, 0.1) is 19.8 Å². The van der Waals surface area contributed by atoms with Crippen LogP contribution in [0.4, 0.5) is 0 Å². The molecule has 201 valence electrons. The molecule has 0 bridgehead atoms. The molecule has 0 N–H and O–H groups in total. The van der Waals surface area contributed by atoms with E-state index in [0.29, 0.717) is 11.6 Å². The molecule has 39 heavy (non-hydrogen) atoms. The quantitative estimate of drug-likeness (QED) is 0.211. The summed E-state index contributed by atoms with van der Waals surface area (Å²) in [5, 5.41) is 7.65. The minimum absolute atomic E-state index is 0. The van der Waals surface area contributed by atoms with Gasteiger partial charge in [-0.3, -0.25) is 10.1 Å². The van der Waals surface area contributed by atoms with Crippen LogP contribution in [0.2, 0.25) is 0 Å². The molecule has 6 aromatic rings. The normalized spacial score (nSPS) is 9.97. The summed E-state index contributed by atoms with van der Waals surface area (Å²) in [7, 11) is 3.90. The van der Waals surface area contributed by atoms with E-state index >= 15 is 0 Å². The van der Waals surface area contributed by atoms with Crippen LogP contribution < -0.4 is 14.2 Å². The predicted octanol–water partition coefficient (Wildman–Crippen LogP) is 3.22. The molecular formula is C30H29IrN8-3. The van der Waals surface area contributed by atoms with Crippen molar-refractivity contribution in [3.63, 3.8) is 0 Å². The van der Waals surface area contributed by atoms with E-state index < -0.39 is 0 Å². The Hall–Kier alpha value is -4.20. The molecule has 0 spiro atoms. The average Bonchev–Trinajstić information content (AvgIpc) is 3.67. The van der Waals surface area contributed by atoms with Crippen molar-refractivity contribution in [2.75, 3.05) is 0 Å². The molecule has 4 aromatic heterocycles. The van der Waals surface area contributed by atoms with Crippen molar-refractivity contribution in [3.05, 3.63) is 127 Å². The standard InChI is InChI=1S/2C11H11N2.C8H7N4.Ir/c2*1-10-4-3-5-11(8-10)13-7-6-12(2)9-13;1-6-10-8(12-11-6)7-4-2-3-5-9-7;/h2*3-4,6-8H,1-2H3;2-5H,1H3;/q3*-1;. The zero-order valence-corrected chi connectivity index (χ0v) is 24.9. The molecule has 0 amide bonds. The Kier molecular flexibility index (Phi) is 10.6. The van der Waals surface area contributed by atoms with E-state index in [2.05, 4.69) is 70.9 Å². The number of rotatable bonds is 3. The van der Waals surface area contributed by atoms with E-state index in [0.717, 1.165) is 17.1 Å². The molecule has 0 saturated carbocycles. The molecule has 0 aliphatic heterocycles. The van der Waals surface area contributed by atoms with Crippen LogP contribution in [0.5, 0.6) is 0 Å². The molecule has 2 aromatic carbocycles. The van der Waals surface area contributed by atoms with Gasteiger partial charge in [0.15, 0.2) is 0 Å². The van der Waals surface area contributed by atoms with E-state index in [1.807, 2.05) is 99.6 Å². The second kappa shape index (κ2) is 14.1. The summed E-state index contributed by atoms with van der Waals surface area (Å²) in [5.74, 6) is 1.27. The Balaban J connectivity index is 0.000000160. The molecule has 0 aliphatic rings. The van der Waals surface area contributed by atoms with Crippen molar-refractivity contribution in [1.82, 2.24) is 29.3 Å². The van der Waals surface area contributed by atoms with Crippen molar-refractivity contribution in [2.24, 2.45) is 14.1 Å². The first-order valence-electron chi connectivity index (χ1n) is 12.0. The first-order valence-corrected chi connectivity index (χ1v) is 12.0. The fourth-order valence-corrected chi connectivity index (χ4v) is 3.40. The zero-order chi connectivity index (χ0) is 26.9. The summed E-state index contributed by atoms with van der Waals surface area (Å²) < 4.78 is 7.62. The smallest absolute Gasteiger partial charge is 0.241 e. The summed E-state index contributed by atoms with van der Waals surface area (Å²) in [5.41, 5.74) is 5.29. The van der Waals surface area contributed by atoms with E-state index in [1.54, 1.807) is 13.1 Å². The van der Waals surface area contributed by atoms with Crippen molar-refractivity contribution >= 4 is 0 Å². The largest absolute Gasteiger partial charge is 0.421 e. The van der Waals surface area contributed by atoms with E-state index in [9.17, 15) is 0 Å². The number of imidazole rings is 2. The zero-order valence-electron chi connectivity index (χ0n) is 22.5. The molecule has 0 atom stereocenters. The van der Waals surface area contributed by atoms with E-state index in [-0.39, 0.29) is 20.1 Å². The van der Waals surface area contributed by atoms with Crippen molar-refractivity contribution < 1.29 is 29.2 Å². The van der Waals surface area contributed by atoms with Crippen LogP contribution in [0.1, 0.15) is 17.0 Å². The number of nitrogens with zero attached hydrogens (tertiary/aromatic N) is 8. The predicted molar refractivity (Wildman–Crippen MR) is 142 cm³/mol. The maximum absolute atomic E-state index is 4.10. The first kappa shape index (κ1) is 29.4. The fraction of sp³-hybridized carbons (Fsp3) is 0.167. The Labute approximate surface area is 243 Å². The molecule has 0 saturated heterocycles. The SMILES string of the molecule is Cc1cc[c-]c(-n2[c-][n+](C)cc2)c1.Cc1cc[c-]c(-n2[c-][n+](C)cc2)c1.Cc1n[n-]c(-c2ccccn2)n1.[Ir]. The number of hydrogen-bond donors (Lipinski definition) is 0. The van der Waals surface area contributed by atoms with Gasteiger partial charge in [0, 0.05) is 56.9 Å². The summed E-state index contributed by atoms with van der Waals surface area (Å²) in [6.07, 6.45) is 15.8. The molecule has 9 heteroatoms. The fourth-order valence-electron chi connectivity index (χ4n) is 3.40. The van der Waals surface area contributed by atoms with Gasteiger partial charge in [0.25, 0.3) is 0 Å². The second-order valence-corrected chi connectivity index (χ2v) is 8.66. The van der Waals surface area contributed by atoms with Gasteiger partial charge in [-0.25, -0.2) is 0 Å². The second-order valence-electron chi connectivity index (χ2n) is 8.66. The van der Waals surface area contributed by atoms with Gasteiger partial charge in [-0.05, 0) is 24.9 Å². The molecule has 1 radical (unpaired) electrons. The molecule has 0 unspecified atom stereocenters. The molecule has 0 aliphatic carbocycles. The summed E-state index contributed by atoms with van der Waals surface area (Å²) >= 11 is 0. The minimum Gasteiger partial charge on any atom is -0.421 e. The van der Waals surface area contributed by atoms with Crippen molar-refractivity contribution in [3.8, 4) is 22.9 Å². The van der Waals surface area contributed by atoms with Gasteiger partial charge in [0.1, 0.15) is 0 Å². The van der Waals surface area contributed by atoms with Crippen LogP contribution in [0, 0.1) is 45.6 Å². The van der Waals surface area contributed by atoms with E-state index in [4.69, 9.17) is 0 Å². The summed E-state index contributed by atoms with van der Waals surface area (Å²) in [6, 6.07) is 24.0. The first-order chi connectivity index (χ1) is 18.4. The van der Waals surface area contributed by atoms with Gasteiger partial charge in [0.2, 0.25) is 12.7 Å². The summed E-state index contributed by atoms with van der Waals surface area (Å²) in [4.78, 5) is 8.19. The maximum atomic E-state index is 4.10. The Morgan fingerprint density at radius 2 is 1.36 bits per heavy atom. The Morgan fingerprint density at radius 3 is 1.74 bits per heavy atom. The Bertz CT molecular complexity index is 1500. The maximum Gasteiger partial charge on any atom is 0.241 e. The van der Waals surface area contributed by atoms with Crippen LogP contribution in [0.3, 0.4) is 0 Å². The van der Waals surface area contributed by atoms with Crippen LogP contribution >= 0.6 is 0 Å². The van der Waals surface area contributed by atoms with Crippen LogP contribution in [-0.4, -0.2) is 24.2 Å². The number of aryl methyl sites for hydroxylation is 5. The third-order valence-corrected chi connectivity index (χ3v) is 5.26. The van der Waals surface area contributed by atoms with Gasteiger partial charge < -0.3 is 28.4 Å². The van der Waals surface area contributed by atoms with Crippen molar-refractivity contribution in [1.29, 1.82) is 0 Å². The van der Waals surface area contributed by atoms with Gasteiger partial charge in [-0.1, -0.05) is 31.3 Å². The number of aromatic nitrogens is 8. The molecular weight excluding hydrogens is 665 g/mol. The third-order valence-electron chi connectivity index (χ3n) is 5.26. The van der Waals surface area contributed by atoms with Crippen molar-refractivity contribution in [2.45, 2.75) is 20.8 Å².